The smallest absolute Gasteiger partial charge is 0.264 e. The molecule has 68 valence electrons. The first kappa shape index (κ1) is 8.98. The molecule has 0 amide bonds. The summed E-state index contributed by atoms with van der Waals surface area (Å²) >= 11 is 3.86. The van der Waals surface area contributed by atoms with Gasteiger partial charge in [0.05, 0.1) is 0 Å². The topological polar surface area (TPSA) is 61.9 Å². The fourth-order valence-corrected chi connectivity index (χ4v) is 0.752. The molecule has 2 aromatic rings. The maximum atomic E-state index is 4.57. The van der Waals surface area contributed by atoms with Gasteiger partial charge in [0.25, 0.3) is 11.6 Å². The summed E-state index contributed by atoms with van der Waals surface area (Å²) in [5, 5.41) is 7.10. The van der Waals surface area contributed by atoms with Crippen LogP contribution in [-0.2, 0) is 7.05 Å². The van der Waals surface area contributed by atoms with Gasteiger partial charge in [0.15, 0.2) is 0 Å². The summed E-state index contributed by atoms with van der Waals surface area (Å²) in [4.78, 5) is 0. The van der Waals surface area contributed by atoms with E-state index in [2.05, 4.69) is 32.4 Å². The second kappa shape index (κ2) is 3.53. The lowest BCUT2D eigenvalue weighted by atomic mass is 10.6. The minimum atomic E-state index is 0.553. The molecule has 0 saturated heterocycles. The zero-order valence-corrected chi connectivity index (χ0v) is 7.95. The first-order valence-electron chi connectivity index (χ1n) is 3.52. The van der Waals surface area contributed by atoms with E-state index in [4.69, 9.17) is 0 Å². The Labute approximate surface area is 74.6 Å². The summed E-state index contributed by atoms with van der Waals surface area (Å²) in [7, 11) is 1.71. The fraction of sp³-hybridized carbons (Fsp3) is 0.600. The van der Waals surface area contributed by atoms with Gasteiger partial charge in [-0.3, -0.25) is 9.26 Å². The molecule has 2 rings (SSSR count). The number of nitrogens with zero attached hydrogens (tertiary/aromatic N) is 4. The van der Waals surface area contributed by atoms with Gasteiger partial charge in [0, 0.05) is 7.05 Å². The molecular formula is C5H10N4O2S. The SMILES string of the molecule is CC.Cn1onc1-c1non1S. The van der Waals surface area contributed by atoms with Crippen molar-refractivity contribution in [1.29, 1.82) is 0 Å². The van der Waals surface area contributed by atoms with Gasteiger partial charge in [-0.25, -0.2) is 0 Å². The zero-order chi connectivity index (χ0) is 9.14. The van der Waals surface area contributed by atoms with Crippen LogP contribution in [0.1, 0.15) is 13.8 Å². The number of hydrogen-bond acceptors (Lipinski definition) is 5. The van der Waals surface area contributed by atoms with Crippen molar-refractivity contribution < 1.29 is 9.26 Å². The van der Waals surface area contributed by atoms with E-state index in [1.807, 2.05) is 13.8 Å². The molecule has 12 heavy (non-hydrogen) atoms. The first-order chi connectivity index (χ1) is 5.79. The molecule has 0 saturated carbocycles. The summed E-state index contributed by atoms with van der Waals surface area (Å²) in [6.45, 7) is 4.00. The molecule has 0 aromatic carbocycles. The molecule has 0 radical (unpaired) electrons. The molecule has 0 N–H and O–H groups in total. The monoisotopic (exact) mass is 190 g/mol. The van der Waals surface area contributed by atoms with E-state index in [-0.39, 0.29) is 0 Å². The van der Waals surface area contributed by atoms with E-state index in [0.29, 0.717) is 11.6 Å². The van der Waals surface area contributed by atoms with Gasteiger partial charge in [-0.1, -0.05) is 13.8 Å². The Morgan fingerprint density at radius 1 is 1.17 bits per heavy atom. The summed E-state index contributed by atoms with van der Waals surface area (Å²) in [5.74, 6) is 1.17. The van der Waals surface area contributed by atoms with Gasteiger partial charge >= 0.3 is 0 Å². The Hall–Kier alpha value is -1.11. The van der Waals surface area contributed by atoms with Crippen LogP contribution in [-0.4, -0.2) is 19.2 Å². The van der Waals surface area contributed by atoms with Crippen molar-refractivity contribution in [3.63, 3.8) is 0 Å². The molecule has 0 fully saturated rings. The van der Waals surface area contributed by atoms with Crippen molar-refractivity contribution >= 4 is 12.8 Å². The Bertz CT molecular complexity index is 298. The maximum absolute atomic E-state index is 4.57. The largest absolute Gasteiger partial charge is 0.269 e. The van der Waals surface area contributed by atoms with Crippen LogP contribution in [0.15, 0.2) is 9.26 Å². The Morgan fingerprint density at radius 3 is 1.83 bits per heavy atom. The highest BCUT2D eigenvalue weighted by atomic mass is 32.1. The zero-order valence-electron chi connectivity index (χ0n) is 7.05. The van der Waals surface area contributed by atoms with E-state index in [1.165, 1.54) is 8.88 Å². The van der Waals surface area contributed by atoms with Crippen molar-refractivity contribution in [2.45, 2.75) is 13.8 Å². The second-order valence-corrected chi connectivity index (χ2v) is 2.13. The Kier molecular flexibility index (Phi) is 2.64. The molecule has 2 aromatic heterocycles. The molecular weight excluding hydrogens is 180 g/mol. The van der Waals surface area contributed by atoms with E-state index in [0.717, 1.165) is 0 Å². The average molecular weight is 190 g/mol. The first-order valence-corrected chi connectivity index (χ1v) is 3.92. The summed E-state index contributed by atoms with van der Waals surface area (Å²) in [6.07, 6.45) is 0. The molecule has 0 unspecified atom stereocenters. The molecule has 0 aliphatic carbocycles. The second-order valence-electron chi connectivity index (χ2n) is 1.76. The number of aromatic nitrogens is 4. The third-order valence-electron chi connectivity index (χ3n) is 1.13. The number of rotatable bonds is 1. The van der Waals surface area contributed by atoms with Crippen molar-refractivity contribution in [1.82, 2.24) is 19.2 Å². The number of thiol groups is 1. The highest BCUT2D eigenvalue weighted by Crippen LogP contribution is 2.16. The van der Waals surface area contributed by atoms with Crippen molar-refractivity contribution in [2.75, 3.05) is 0 Å². The normalized spacial score (nSPS) is 9.67. The van der Waals surface area contributed by atoms with Gasteiger partial charge in [0.2, 0.25) is 0 Å². The van der Waals surface area contributed by atoms with Gasteiger partial charge in [0.1, 0.15) is 0 Å². The molecule has 0 bridgehead atoms. The van der Waals surface area contributed by atoms with E-state index < -0.39 is 0 Å². The number of aryl methyl sites for hydroxylation is 1. The predicted octanol–water partition coefficient (Wildman–Crippen LogP) is 1.19. The van der Waals surface area contributed by atoms with E-state index in [1.54, 1.807) is 7.05 Å². The van der Waals surface area contributed by atoms with Crippen LogP contribution >= 0.6 is 12.8 Å². The van der Waals surface area contributed by atoms with Crippen LogP contribution in [0.4, 0.5) is 0 Å². The molecule has 0 atom stereocenters. The molecule has 0 aliphatic heterocycles. The molecule has 0 aliphatic rings. The van der Waals surface area contributed by atoms with Gasteiger partial charge in [-0.05, 0) is 23.1 Å². The fourth-order valence-electron chi connectivity index (χ4n) is 0.589. The van der Waals surface area contributed by atoms with Crippen molar-refractivity contribution in [3.8, 4) is 11.6 Å². The van der Waals surface area contributed by atoms with Gasteiger partial charge in [-0.2, -0.15) is 4.74 Å². The van der Waals surface area contributed by atoms with E-state index in [9.17, 15) is 0 Å². The van der Waals surface area contributed by atoms with Crippen LogP contribution in [0.2, 0.25) is 0 Å². The van der Waals surface area contributed by atoms with E-state index >= 15 is 0 Å². The van der Waals surface area contributed by atoms with Crippen molar-refractivity contribution in [3.05, 3.63) is 0 Å². The van der Waals surface area contributed by atoms with Crippen molar-refractivity contribution in [2.24, 2.45) is 7.05 Å². The lowest BCUT2D eigenvalue weighted by Gasteiger charge is -2.08. The molecule has 0 spiro atoms. The Balaban J connectivity index is 0.000000336. The standard InChI is InChI=1S/C3H4N4O2S.C2H6/c1-6-2(4-8-6)3-5-9-7(3)10;1-2/h10H,1H3;1-2H3. The van der Waals surface area contributed by atoms with Crippen LogP contribution in [0.25, 0.3) is 11.6 Å². The third-order valence-corrected chi connectivity index (χ3v) is 1.40. The molecule has 2 heterocycles. The molecule has 7 heteroatoms. The lowest BCUT2D eigenvalue weighted by molar-refractivity contribution is 0.130. The molecule has 6 nitrogen and oxygen atoms in total. The minimum absolute atomic E-state index is 0.553. The maximum Gasteiger partial charge on any atom is 0.269 e. The number of hydrogen-bond donors (Lipinski definition) is 1. The highest BCUT2D eigenvalue weighted by Gasteiger charge is 2.18. The van der Waals surface area contributed by atoms with Crippen LogP contribution < -0.4 is 0 Å². The predicted molar refractivity (Wildman–Crippen MR) is 44.7 cm³/mol. The third kappa shape index (κ3) is 1.27. The van der Waals surface area contributed by atoms with Crippen LogP contribution in [0, 0.1) is 0 Å². The van der Waals surface area contributed by atoms with Crippen LogP contribution in [0.3, 0.4) is 0 Å². The Morgan fingerprint density at radius 2 is 1.75 bits per heavy atom. The minimum Gasteiger partial charge on any atom is -0.264 e. The van der Waals surface area contributed by atoms with Gasteiger partial charge < -0.3 is 0 Å². The highest BCUT2D eigenvalue weighted by molar-refractivity contribution is 7.78. The van der Waals surface area contributed by atoms with Gasteiger partial charge in [-0.15, -0.1) is 4.15 Å². The lowest BCUT2D eigenvalue weighted by Crippen LogP contribution is -2.12. The summed E-state index contributed by atoms with van der Waals surface area (Å²) in [6, 6.07) is 0. The average Bonchev–Trinajstić information content (AvgIpc) is 2.12. The summed E-state index contributed by atoms with van der Waals surface area (Å²) in [5.41, 5.74) is 0. The quantitative estimate of drug-likeness (QED) is 0.686. The summed E-state index contributed by atoms with van der Waals surface area (Å²) < 4.78 is 11.7. The van der Waals surface area contributed by atoms with Crippen LogP contribution in [0.5, 0.6) is 0 Å².